The number of hydrogen-bond acceptors (Lipinski definition) is 4. The number of anilines is 1. The highest BCUT2D eigenvalue weighted by Gasteiger charge is 2.12. The summed E-state index contributed by atoms with van der Waals surface area (Å²) < 4.78 is 5.15. The first kappa shape index (κ1) is 14.2. The Kier molecular flexibility index (Phi) is 5.48. The molecule has 1 heterocycles. The zero-order valence-corrected chi connectivity index (χ0v) is 12.0. The number of benzene rings is 1. The summed E-state index contributed by atoms with van der Waals surface area (Å²) in [7, 11) is 1.69. The summed E-state index contributed by atoms with van der Waals surface area (Å²) in [6.45, 7) is 9.08. The molecular formula is C15H25N3O. The fourth-order valence-electron chi connectivity index (χ4n) is 2.40. The van der Waals surface area contributed by atoms with Crippen molar-refractivity contribution in [2.24, 2.45) is 5.92 Å². The summed E-state index contributed by atoms with van der Waals surface area (Å²) in [6, 6.07) is 8.11. The third-order valence-electron chi connectivity index (χ3n) is 3.52. The molecule has 1 saturated heterocycles. The van der Waals surface area contributed by atoms with Gasteiger partial charge in [0.2, 0.25) is 0 Å². The minimum absolute atomic E-state index is 0.653. The van der Waals surface area contributed by atoms with Crippen molar-refractivity contribution in [3.05, 3.63) is 24.3 Å². The van der Waals surface area contributed by atoms with Crippen LogP contribution in [-0.4, -0.2) is 51.3 Å². The van der Waals surface area contributed by atoms with Crippen LogP contribution in [0, 0.1) is 5.92 Å². The summed E-state index contributed by atoms with van der Waals surface area (Å²) >= 11 is 0. The lowest BCUT2D eigenvalue weighted by Gasteiger charge is -2.29. The van der Waals surface area contributed by atoms with Crippen LogP contribution >= 0.6 is 0 Å². The van der Waals surface area contributed by atoms with Crippen LogP contribution in [-0.2, 0) is 0 Å². The number of rotatable bonds is 6. The van der Waals surface area contributed by atoms with Gasteiger partial charge in [0.05, 0.1) is 7.11 Å². The molecule has 1 aliphatic heterocycles. The molecule has 0 bridgehead atoms. The van der Waals surface area contributed by atoms with Crippen LogP contribution in [0.3, 0.4) is 0 Å². The predicted octanol–water partition coefficient (Wildman–Crippen LogP) is 1.65. The second-order valence-corrected chi connectivity index (χ2v) is 5.27. The molecule has 0 spiro atoms. The van der Waals surface area contributed by atoms with E-state index in [2.05, 4.69) is 34.6 Å². The third-order valence-corrected chi connectivity index (χ3v) is 3.52. The van der Waals surface area contributed by atoms with Gasteiger partial charge in [-0.1, -0.05) is 6.92 Å². The van der Waals surface area contributed by atoms with Gasteiger partial charge in [0.25, 0.3) is 0 Å². The summed E-state index contributed by atoms with van der Waals surface area (Å²) in [5.74, 6) is 1.56. The smallest absolute Gasteiger partial charge is 0.119 e. The maximum atomic E-state index is 5.15. The Morgan fingerprint density at radius 2 is 1.95 bits per heavy atom. The highest BCUT2D eigenvalue weighted by Crippen LogP contribution is 2.15. The van der Waals surface area contributed by atoms with E-state index in [1.807, 2.05) is 12.1 Å². The average Bonchev–Trinajstić information content (AvgIpc) is 2.47. The van der Waals surface area contributed by atoms with Gasteiger partial charge in [0, 0.05) is 45.0 Å². The molecule has 1 fully saturated rings. The summed E-state index contributed by atoms with van der Waals surface area (Å²) in [6.07, 6.45) is 0. The molecule has 2 N–H and O–H groups in total. The van der Waals surface area contributed by atoms with E-state index in [0.29, 0.717) is 5.92 Å². The number of methoxy groups -OCH3 is 1. The number of piperazine rings is 1. The standard InChI is InChI=1S/C15H25N3O/c1-13(12-18-9-7-16-8-10-18)11-17-14-3-5-15(19-2)6-4-14/h3-6,13,16-17H,7-12H2,1-2H3. The molecule has 4 nitrogen and oxygen atoms in total. The fourth-order valence-corrected chi connectivity index (χ4v) is 2.40. The van der Waals surface area contributed by atoms with Gasteiger partial charge in [-0.2, -0.15) is 0 Å². The lowest BCUT2D eigenvalue weighted by molar-refractivity contribution is 0.215. The van der Waals surface area contributed by atoms with Crippen molar-refractivity contribution >= 4 is 5.69 Å². The van der Waals surface area contributed by atoms with Crippen LogP contribution in [0.1, 0.15) is 6.92 Å². The van der Waals surface area contributed by atoms with Crippen molar-refractivity contribution in [2.75, 3.05) is 51.7 Å². The molecular weight excluding hydrogens is 238 g/mol. The molecule has 19 heavy (non-hydrogen) atoms. The lowest BCUT2D eigenvalue weighted by Crippen LogP contribution is -2.45. The second kappa shape index (κ2) is 7.36. The van der Waals surface area contributed by atoms with Crippen LogP contribution in [0.2, 0.25) is 0 Å². The van der Waals surface area contributed by atoms with Crippen LogP contribution < -0.4 is 15.4 Å². The van der Waals surface area contributed by atoms with Crippen LogP contribution in [0.4, 0.5) is 5.69 Å². The van der Waals surface area contributed by atoms with Gasteiger partial charge >= 0.3 is 0 Å². The SMILES string of the molecule is COc1ccc(NCC(C)CN2CCNCC2)cc1. The van der Waals surface area contributed by atoms with E-state index in [1.165, 1.54) is 19.6 Å². The maximum absolute atomic E-state index is 5.15. The van der Waals surface area contributed by atoms with Gasteiger partial charge < -0.3 is 20.3 Å². The third kappa shape index (κ3) is 4.73. The molecule has 1 aromatic rings. The van der Waals surface area contributed by atoms with E-state index in [1.54, 1.807) is 7.11 Å². The Labute approximate surface area is 116 Å². The first-order chi connectivity index (χ1) is 9.28. The monoisotopic (exact) mass is 263 g/mol. The molecule has 1 unspecified atom stereocenters. The molecule has 1 aromatic carbocycles. The minimum Gasteiger partial charge on any atom is -0.497 e. The van der Waals surface area contributed by atoms with E-state index in [0.717, 1.165) is 31.1 Å². The molecule has 0 saturated carbocycles. The summed E-state index contributed by atoms with van der Waals surface area (Å²) in [4.78, 5) is 2.54. The van der Waals surface area contributed by atoms with E-state index < -0.39 is 0 Å². The van der Waals surface area contributed by atoms with Crippen molar-refractivity contribution in [3.63, 3.8) is 0 Å². The van der Waals surface area contributed by atoms with Gasteiger partial charge in [-0.15, -0.1) is 0 Å². The van der Waals surface area contributed by atoms with Crippen molar-refractivity contribution in [1.29, 1.82) is 0 Å². The largest absolute Gasteiger partial charge is 0.497 e. The first-order valence-electron chi connectivity index (χ1n) is 7.09. The van der Waals surface area contributed by atoms with Gasteiger partial charge in [-0.25, -0.2) is 0 Å². The number of nitrogens with one attached hydrogen (secondary N) is 2. The Bertz CT molecular complexity index is 360. The Balaban J connectivity index is 1.71. The topological polar surface area (TPSA) is 36.5 Å². The van der Waals surface area contributed by atoms with Crippen LogP contribution in [0.25, 0.3) is 0 Å². The zero-order chi connectivity index (χ0) is 13.5. The molecule has 4 heteroatoms. The zero-order valence-electron chi connectivity index (χ0n) is 12.0. The van der Waals surface area contributed by atoms with Crippen molar-refractivity contribution in [2.45, 2.75) is 6.92 Å². The average molecular weight is 263 g/mol. The lowest BCUT2D eigenvalue weighted by atomic mass is 10.1. The number of nitrogens with zero attached hydrogens (tertiary/aromatic N) is 1. The summed E-state index contributed by atoms with van der Waals surface area (Å²) in [5, 5.41) is 6.87. The Morgan fingerprint density at radius 3 is 2.58 bits per heavy atom. The van der Waals surface area contributed by atoms with Crippen LogP contribution in [0.5, 0.6) is 5.75 Å². The molecule has 0 amide bonds. The van der Waals surface area contributed by atoms with Gasteiger partial charge in [-0.3, -0.25) is 0 Å². The van der Waals surface area contributed by atoms with E-state index in [4.69, 9.17) is 4.74 Å². The van der Waals surface area contributed by atoms with Crippen molar-refractivity contribution < 1.29 is 4.74 Å². The van der Waals surface area contributed by atoms with Crippen molar-refractivity contribution in [1.82, 2.24) is 10.2 Å². The van der Waals surface area contributed by atoms with E-state index >= 15 is 0 Å². The molecule has 2 rings (SSSR count). The number of ether oxygens (including phenoxy) is 1. The number of hydrogen-bond donors (Lipinski definition) is 2. The van der Waals surface area contributed by atoms with E-state index in [9.17, 15) is 0 Å². The molecule has 1 atom stereocenters. The minimum atomic E-state index is 0.653. The van der Waals surface area contributed by atoms with Gasteiger partial charge in [0.1, 0.15) is 5.75 Å². The fraction of sp³-hybridized carbons (Fsp3) is 0.600. The highest BCUT2D eigenvalue weighted by atomic mass is 16.5. The Morgan fingerprint density at radius 1 is 1.26 bits per heavy atom. The molecule has 106 valence electrons. The molecule has 0 radical (unpaired) electrons. The maximum Gasteiger partial charge on any atom is 0.119 e. The Hall–Kier alpha value is -1.26. The van der Waals surface area contributed by atoms with E-state index in [-0.39, 0.29) is 0 Å². The van der Waals surface area contributed by atoms with Crippen LogP contribution in [0.15, 0.2) is 24.3 Å². The predicted molar refractivity (Wildman–Crippen MR) is 80.0 cm³/mol. The quantitative estimate of drug-likeness (QED) is 0.818. The molecule has 1 aliphatic rings. The normalized spacial score (nSPS) is 18.0. The summed E-state index contributed by atoms with van der Waals surface area (Å²) in [5.41, 5.74) is 1.16. The van der Waals surface area contributed by atoms with Gasteiger partial charge in [0.15, 0.2) is 0 Å². The molecule has 0 aromatic heterocycles. The van der Waals surface area contributed by atoms with Gasteiger partial charge in [-0.05, 0) is 30.2 Å². The van der Waals surface area contributed by atoms with Crippen molar-refractivity contribution in [3.8, 4) is 5.75 Å². The highest BCUT2D eigenvalue weighted by molar-refractivity contribution is 5.46. The second-order valence-electron chi connectivity index (χ2n) is 5.27. The first-order valence-corrected chi connectivity index (χ1v) is 7.09. The molecule has 0 aliphatic carbocycles.